The minimum absolute atomic E-state index is 0.0862. The second kappa shape index (κ2) is 8.25. The highest BCUT2D eigenvalue weighted by Gasteiger charge is 2.35. The average molecular weight is 489 g/mol. The molecule has 0 spiro atoms. The maximum atomic E-state index is 13.5. The molecule has 1 amide bonds. The van der Waals surface area contributed by atoms with E-state index in [4.69, 9.17) is 11.6 Å². The Kier molecular flexibility index (Phi) is 6.14. The van der Waals surface area contributed by atoms with Gasteiger partial charge in [0.05, 0.1) is 26.7 Å². The van der Waals surface area contributed by atoms with Crippen LogP contribution in [0.5, 0.6) is 0 Å². The fourth-order valence-electron chi connectivity index (χ4n) is 3.37. The van der Waals surface area contributed by atoms with Gasteiger partial charge in [0.15, 0.2) is 9.84 Å². The average Bonchev–Trinajstić information content (AvgIpc) is 2.94. The highest BCUT2D eigenvalue weighted by molar-refractivity contribution is 7.90. The molecule has 0 saturated carbocycles. The topological polar surface area (TPSA) is 68.2 Å². The Balaban J connectivity index is 2.01. The van der Waals surface area contributed by atoms with E-state index >= 15 is 0 Å². The van der Waals surface area contributed by atoms with Crippen molar-refractivity contribution in [2.75, 3.05) is 11.6 Å². The maximum absolute atomic E-state index is 13.5. The van der Waals surface area contributed by atoms with Gasteiger partial charge in [-0.1, -0.05) is 11.6 Å². The number of alkyl halides is 3. The van der Waals surface area contributed by atoms with Crippen LogP contribution in [0.2, 0.25) is 5.02 Å². The SMILES string of the molecule is Cc1cc(C(=O)Nc2ccc(S(C)(=O)=O)c(Cl)c2)c(C)n1-c1ccc(F)cc1C(F)(F)F. The first-order chi connectivity index (χ1) is 14.7. The predicted molar refractivity (Wildman–Crippen MR) is 113 cm³/mol. The standard InChI is InChI=1S/C21H17ClF4N2O3S/c1-11-8-15(20(29)27-14-5-7-19(17(22)10-14)32(3,30)31)12(2)28(11)18-6-4-13(23)9-16(18)21(24,25)26/h4-10H,1-3H3,(H,27,29). The van der Waals surface area contributed by atoms with Crippen LogP contribution in [0.4, 0.5) is 23.2 Å². The van der Waals surface area contributed by atoms with Crippen LogP contribution >= 0.6 is 11.6 Å². The summed E-state index contributed by atoms with van der Waals surface area (Å²) < 4.78 is 78.5. The van der Waals surface area contributed by atoms with Gasteiger partial charge in [-0.3, -0.25) is 4.79 Å². The molecule has 1 N–H and O–H groups in total. The van der Waals surface area contributed by atoms with Crippen molar-refractivity contribution in [3.05, 3.63) is 75.8 Å². The first kappa shape index (κ1) is 23.8. The lowest BCUT2D eigenvalue weighted by molar-refractivity contribution is -0.137. The minimum atomic E-state index is -4.80. The zero-order chi connectivity index (χ0) is 24.0. The Morgan fingerprint density at radius 1 is 1.06 bits per heavy atom. The number of hydrogen-bond acceptors (Lipinski definition) is 3. The quantitative estimate of drug-likeness (QED) is 0.489. The molecule has 0 bridgehead atoms. The predicted octanol–water partition coefficient (Wildman–Crippen LogP) is 5.56. The van der Waals surface area contributed by atoms with Crippen LogP contribution in [0.15, 0.2) is 47.4 Å². The number of nitrogens with zero attached hydrogens (tertiary/aromatic N) is 1. The summed E-state index contributed by atoms with van der Waals surface area (Å²) in [5, 5.41) is 2.46. The second-order valence-corrected chi connectivity index (χ2v) is 9.54. The van der Waals surface area contributed by atoms with Crippen LogP contribution in [0, 0.1) is 19.7 Å². The van der Waals surface area contributed by atoms with Gasteiger partial charge >= 0.3 is 6.18 Å². The smallest absolute Gasteiger partial charge is 0.322 e. The number of carbonyl (C=O) groups is 1. The number of carbonyl (C=O) groups excluding carboxylic acids is 1. The summed E-state index contributed by atoms with van der Waals surface area (Å²) in [7, 11) is -3.56. The minimum Gasteiger partial charge on any atom is -0.322 e. The van der Waals surface area contributed by atoms with E-state index in [-0.39, 0.29) is 32.6 Å². The Morgan fingerprint density at radius 3 is 2.28 bits per heavy atom. The van der Waals surface area contributed by atoms with Gasteiger partial charge in [0.1, 0.15) is 5.82 Å². The van der Waals surface area contributed by atoms with E-state index in [1.165, 1.54) is 42.7 Å². The van der Waals surface area contributed by atoms with Crippen molar-refractivity contribution >= 4 is 33.0 Å². The Labute approximate surface area is 186 Å². The number of aromatic nitrogens is 1. The molecule has 0 aliphatic heterocycles. The van der Waals surface area contributed by atoms with Crippen molar-refractivity contribution in [3.63, 3.8) is 0 Å². The summed E-state index contributed by atoms with van der Waals surface area (Å²) in [6, 6.07) is 7.57. The lowest BCUT2D eigenvalue weighted by atomic mass is 10.1. The normalized spacial score (nSPS) is 12.1. The number of sulfone groups is 1. The van der Waals surface area contributed by atoms with E-state index in [9.17, 15) is 30.8 Å². The van der Waals surface area contributed by atoms with Gasteiger partial charge in [-0.15, -0.1) is 0 Å². The Hall–Kier alpha value is -2.85. The number of benzene rings is 2. The van der Waals surface area contributed by atoms with Crippen LogP contribution in [0.3, 0.4) is 0 Å². The summed E-state index contributed by atoms with van der Waals surface area (Å²) in [6.07, 6.45) is -3.81. The van der Waals surface area contributed by atoms with Crippen molar-refractivity contribution < 1.29 is 30.8 Å². The number of nitrogens with one attached hydrogen (secondary N) is 1. The Morgan fingerprint density at radius 2 is 1.72 bits per heavy atom. The monoisotopic (exact) mass is 488 g/mol. The maximum Gasteiger partial charge on any atom is 0.418 e. The van der Waals surface area contributed by atoms with E-state index in [1.807, 2.05) is 0 Å². The van der Waals surface area contributed by atoms with E-state index < -0.39 is 33.3 Å². The highest BCUT2D eigenvalue weighted by Crippen LogP contribution is 2.36. The third kappa shape index (κ3) is 4.66. The molecule has 5 nitrogen and oxygen atoms in total. The van der Waals surface area contributed by atoms with Gasteiger partial charge < -0.3 is 9.88 Å². The van der Waals surface area contributed by atoms with E-state index in [1.54, 1.807) is 0 Å². The molecule has 2 aromatic carbocycles. The molecule has 0 fully saturated rings. The number of anilines is 1. The molecule has 1 heterocycles. The number of aryl methyl sites for hydroxylation is 1. The third-order valence-electron chi connectivity index (χ3n) is 4.77. The van der Waals surface area contributed by atoms with Crippen molar-refractivity contribution in [1.82, 2.24) is 4.57 Å². The van der Waals surface area contributed by atoms with Crippen LogP contribution in [0.1, 0.15) is 27.3 Å². The first-order valence-electron chi connectivity index (χ1n) is 9.07. The number of amides is 1. The summed E-state index contributed by atoms with van der Waals surface area (Å²) in [5.74, 6) is -1.67. The van der Waals surface area contributed by atoms with Gasteiger partial charge in [-0.25, -0.2) is 12.8 Å². The summed E-state index contributed by atoms with van der Waals surface area (Å²) in [5.41, 5.74) is -0.660. The molecule has 0 radical (unpaired) electrons. The van der Waals surface area contributed by atoms with Gasteiger partial charge in [0, 0.05) is 23.3 Å². The lowest BCUT2D eigenvalue weighted by Crippen LogP contribution is -2.15. The fourth-order valence-corrected chi connectivity index (χ4v) is 4.70. The molecular weight excluding hydrogens is 472 g/mol. The lowest BCUT2D eigenvalue weighted by Gasteiger charge is -2.17. The van der Waals surface area contributed by atoms with Crippen LogP contribution in [-0.4, -0.2) is 25.1 Å². The Bertz CT molecular complexity index is 1330. The molecule has 32 heavy (non-hydrogen) atoms. The van der Waals surface area contributed by atoms with E-state index in [0.29, 0.717) is 11.8 Å². The van der Waals surface area contributed by atoms with Crippen LogP contribution < -0.4 is 5.32 Å². The highest BCUT2D eigenvalue weighted by atomic mass is 35.5. The molecule has 170 valence electrons. The summed E-state index contributed by atoms with van der Waals surface area (Å²) in [4.78, 5) is 12.7. The molecule has 0 atom stereocenters. The van der Waals surface area contributed by atoms with Gasteiger partial charge in [-0.2, -0.15) is 13.2 Å². The van der Waals surface area contributed by atoms with Gasteiger partial charge in [0.25, 0.3) is 5.91 Å². The molecule has 3 aromatic rings. The zero-order valence-electron chi connectivity index (χ0n) is 17.0. The van der Waals surface area contributed by atoms with Gasteiger partial charge in [-0.05, 0) is 56.3 Å². The van der Waals surface area contributed by atoms with Gasteiger partial charge in [0.2, 0.25) is 0 Å². The molecule has 0 unspecified atom stereocenters. The van der Waals surface area contributed by atoms with Crippen molar-refractivity contribution in [2.24, 2.45) is 0 Å². The number of halogens is 5. The van der Waals surface area contributed by atoms with Crippen LogP contribution in [-0.2, 0) is 16.0 Å². The van der Waals surface area contributed by atoms with Crippen molar-refractivity contribution in [2.45, 2.75) is 24.9 Å². The number of hydrogen-bond donors (Lipinski definition) is 1. The summed E-state index contributed by atoms with van der Waals surface area (Å²) in [6.45, 7) is 2.98. The van der Waals surface area contributed by atoms with E-state index in [0.717, 1.165) is 18.4 Å². The summed E-state index contributed by atoms with van der Waals surface area (Å²) >= 11 is 5.99. The molecule has 0 aliphatic carbocycles. The van der Waals surface area contributed by atoms with Crippen LogP contribution in [0.25, 0.3) is 5.69 Å². The zero-order valence-corrected chi connectivity index (χ0v) is 18.6. The van der Waals surface area contributed by atoms with E-state index in [2.05, 4.69) is 5.32 Å². The van der Waals surface area contributed by atoms with Crippen molar-refractivity contribution in [3.8, 4) is 5.69 Å². The molecule has 0 saturated heterocycles. The largest absolute Gasteiger partial charge is 0.418 e. The third-order valence-corrected chi connectivity index (χ3v) is 6.35. The fraction of sp³-hybridized carbons (Fsp3) is 0.190. The second-order valence-electron chi connectivity index (χ2n) is 7.15. The molecule has 0 aliphatic rings. The van der Waals surface area contributed by atoms with Crippen molar-refractivity contribution in [1.29, 1.82) is 0 Å². The molecule has 11 heteroatoms. The molecular formula is C21H17ClF4N2O3S. The molecule has 3 rings (SSSR count). The number of rotatable bonds is 4. The first-order valence-corrected chi connectivity index (χ1v) is 11.3. The molecule has 1 aromatic heterocycles.